The van der Waals surface area contributed by atoms with Crippen LogP contribution in [0.25, 0.3) is 0 Å². The number of rotatable bonds is 9. The van der Waals surface area contributed by atoms with Crippen LogP contribution in [0.15, 0.2) is 16.9 Å². The average molecular weight is 541 g/mol. The second kappa shape index (κ2) is 12.1. The SMILES string of the molecule is CC1CCN([C@H]2CN(c3ncc(OCC[C@@H](C)C4CCN(c5nc(C(C)C)no5)CC4)cn3)C[C@H]2N)C(=O)C1. The van der Waals surface area contributed by atoms with Crippen molar-refractivity contribution in [3.8, 4) is 5.75 Å². The number of piperidine rings is 2. The van der Waals surface area contributed by atoms with Gasteiger partial charge in [0.1, 0.15) is 0 Å². The molecule has 0 saturated carbocycles. The third kappa shape index (κ3) is 6.45. The van der Waals surface area contributed by atoms with E-state index in [4.69, 9.17) is 15.0 Å². The number of likely N-dealkylation sites (tertiary alicyclic amines) is 1. The number of nitrogens with two attached hydrogens (primary N) is 1. The first-order valence-corrected chi connectivity index (χ1v) is 14.6. The van der Waals surface area contributed by atoms with Crippen molar-refractivity contribution in [3.63, 3.8) is 0 Å². The van der Waals surface area contributed by atoms with Crippen LogP contribution in [-0.4, -0.2) is 82.3 Å². The summed E-state index contributed by atoms with van der Waals surface area (Å²) in [7, 11) is 0. The van der Waals surface area contributed by atoms with Crippen LogP contribution in [0, 0.1) is 17.8 Å². The van der Waals surface area contributed by atoms with Crippen molar-refractivity contribution in [1.82, 2.24) is 25.0 Å². The van der Waals surface area contributed by atoms with Gasteiger partial charge in [-0.3, -0.25) is 4.79 Å². The molecule has 3 aliphatic heterocycles. The van der Waals surface area contributed by atoms with E-state index in [9.17, 15) is 4.79 Å². The molecule has 5 rings (SSSR count). The van der Waals surface area contributed by atoms with Gasteiger partial charge in [-0.1, -0.05) is 32.9 Å². The molecule has 0 aliphatic carbocycles. The molecule has 1 amide bonds. The number of aromatic nitrogens is 4. The van der Waals surface area contributed by atoms with Gasteiger partial charge in [0.15, 0.2) is 11.6 Å². The van der Waals surface area contributed by atoms with Crippen LogP contribution in [0.3, 0.4) is 0 Å². The van der Waals surface area contributed by atoms with E-state index in [-0.39, 0.29) is 23.9 Å². The number of anilines is 2. The molecule has 1 unspecified atom stereocenters. The maximum Gasteiger partial charge on any atom is 0.324 e. The average Bonchev–Trinajstić information content (AvgIpc) is 3.57. The molecule has 2 aromatic heterocycles. The number of nitrogens with zero attached hydrogens (tertiary/aromatic N) is 7. The van der Waals surface area contributed by atoms with Crippen LogP contribution in [0.5, 0.6) is 5.75 Å². The summed E-state index contributed by atoms with van der Waals surface area (Å²) in [6.07, 6.45) is 8.34. The number of hydrogen-bond donors (Lipinski definition) is 1. The normalized spacial score (nSPS) is 25.5. The molecule has 4 atom stereocenters. The Kier molecular flexibility index (Phi) is 8.54. The van der Waals surface area contributed by atoms with Crippen molar-refractivity contribution < 1.29 is 14.1 Å². The molecule has 3 saturated heterocycles. The first kappa shape index (κ1) is 27.6. The van der Waals surface area contributed by atoms with E-state index in [1.807, 2.05) is 4.90 Å². The monoisotopic (exact) mass is 540 g/mol. The van der Waals surface area contributed by atoms with E-state index >= 15 is 0 Å². The third-order valence-electron chi connectivity index (χ3n) is 8.74. The van der Waals surface area contributed by atoms with Crippen LogP contribution in [-0.2, 0) is 4.79 Å². The van der Waals surface area contributed by atoms with Gasteiger partial charge in [-0.2, -0.15) is 4.98 Å². The second-order valence-corrected chi connectivity index (χ2v) is 12.1. The first-order chi connectivity index (χ1) is 18.8. The number of amides is 1. The predicted octanol–water partition coefficient (Wildman–Crippen LogP) is 3.08. The number of ether oxygens (including phenoxy) is 1. The standard InChI is InChI=1S/C28H44N8O3/c1-18(2)26-32-28(39-33-26)34-9-6-21(7-10-34)20(4)8-12-38-22-14-30-27(31-15-22)35-16-23(29)24(17-35)36-11-5-19(3)13-25(36)37/h14-15,18-21,23-24H,5-13,16-17,29H2,1-4H3/t19?,20-,23-,24+/m1/s1. The Balaban J connectivity index is 1.04. The molecule has 11 heteroatoms. The fourth-order valence-corrected chi connectivity index (χ4v) is 6.05. The minimum atomic E-state index is -0.0974. The van der Waals surface area contributed by atoms with Gasteiger partial charge in [0.05, 0.1) is 25.0 Å². The number of carbonyl (C=O) groups is 1. The zero-order chi connectivity index (χ0) is 27.5. The zero-order valence-corrected chi connectivity index (χ0v) is 23.8. The molecule has 3 aliphatic rings. The summed E-state index contributed by atoms with van der Waals surface area (Å²) in [5.41, 5.74) is 6.44. The van der Waals surface area contributed by atoms with Crippen LogP contribution >= 0.6 is 0 Å². The van der Waals surface area contributed by atoms with E-state index < -0.39 is 0 Å². The van der Waals surface area contributed by atoms with E-state index in [0.29, 0.717) is 61.6 Å². The van der Waals surface area contributed by atoms with Crippen LogP contribution in [0.2, 0.25) is 0 Å². The minimum Gasteiger partial charge on any atom is -0.490 e. The lowest BCUT2D eigenvalue weighted by molar-refractivity contribution is -0.137. The van der Waals surface area contributed by atoms with Crippen molar-refractivity contribution in [2.24, 2.45) is 23.5 Å². The predicted molar refractivity (Wildman–Crippen MR) is 149 cm³/mol. The van der Waals surface area contributed by atoms with Gasteiger partial charge in [0.2, 0.25) is 11.9 Å². The van der Waals surface area contributed by atoms with Crippen molar-refractivity contribution in [2.75, 3.05) is 49.1 Å². The molecule has 11 nitrogen and oxygen atoms in total. The summed E-state index contributed by atoms with van der Waals surface area (Å²) in [6.45, 7) is 13.2. The van der Waals surface area contributed by atoms with Crippen LogP contribution in [0.4, 0.5) is 12.0 Å². The molecule has 2 N–H and O–H groups in total. The Labute approximate surface area is 231 Å². The van der Waals surface area contributed by atoms with E-state index in [0.717, 1.165) is 51.1 Å². The van der Waals surface area contributed by atoms with Crippen molar-refractivity contribution in [2.45, 2.75) is 77.8 Å². The molecule has 39 heavy (non-hydrogen) atoms. The molecular weight excluding hydrogens is 496 g/mol. The highest BCUT2D eigenvalue weighted by atomic mass is 16.5. The zero-order valence-electron chi connectivity index (χ0n) is 23.8. The van der Waals surface area contributed by atoms with Crippen molar-refractivity contribution in [1.29, 1.82) is 0 Å². The highest BCUT2D eigenvalue weighted by molar-refractivity contribution is 5.77. The Morgan fingerprint density at radius 2 is 1.82 bits per heavy atom. The molecule has 214 valence electrons. The van der Waals surface area contributed by atoms with Crippen LogP contribution < -0.4 is 20.3 Å². The Morgan fingerprint density at radius 1 is 1.08 bits per heavy atom. The highest BCUT2D eigenvalue weighted by Crippen LogP contribution is 2.30. The lowest BCUT2D eigenvalue weighted by atomic mass is 9.84. The summed E-state index contributed by atoms with van der Waals surface area (Å²) in [4.78, 5) is 32.5. The Bertz CT molecular complexity index is 1080. The lowest BCUT2D eigenvalue weighted by Gasteiger charge is -2.36. The second-order valence-electron chi connectivity index (χ2n) is 12.1. The van der Waals surface area contributed by atoms with Gasteiger partial charge in [0.25, 0.3) is 0 Å². The summed E-state index contributed by atoms with van der Waals surface area (Å²) in [5, 5.41) is 4.10. The molecule has 0 radical (unpaired) electrons. The van der Waals surface area contributed by atoms with E-state index in [1.54, 1.807) is 12.4 Å². The molecule has 0 bridgehead atoms. The maximum absolute atomic E-state index is 12.6. The third-order valence-corrected chi connectivity index (χ3v) is 8.74. The van der Waals surface area contributed by atoms with Gasteiger partial charge in [-0.25, -0.2) is 9.97 Å². The van der Waals surface area contributed by atoms with E-state index in [1.165, 1.54) is 0 Å². The fourth-order valence-electron chi connectivity index (χ4n) is 6.05. The van der Waals surface area contributed by atoms with Gasteiger partial charge in [-0.15, -0.1) is 0 Å². The number of hydrogen-bond acceptors (Lipinski definition) is 10. The van der Waals surface area contributed by atoms with E-state index in [2.05, 4.69) is 57.6 Å². The van der Waals surface area contributed by atoms with Gasteiger partial charge >= 0.3 is 6.01 Å². The quantitative estimate of drug-likeness (QED) is 0.507. The lowest BCUT2D eigenvalue weighted by Crippen LogP contribution is -2.52. The molecule has 3 fully saturated rings. The summed E-state index contributed by atoms with van der Waals surface area (Å²) in [5.74, 6) is 4.24. The number of carbonyl (C=O) groups excluding carboxylic acids is 1. The molecule has 5 heterocycles. The van der Waals surface area contributed by atoms with Gasteiger partial charge in [-0.05, 0) is 43.4 Å². The Hall–Kier alpha value is -2.95. The smallest absolute Gasteiger partial charge is 0.324 e. The molecular formula is C28H44N8O3. The van der Waals surface area contributed by atoms with Crippen LogP contribution in [0.1, 0.15) is 71.5 Å². The minimum absolute atomic E-state index is 0.0161. The summed E-state index contributed by atoms with van der Waals surface area (Å²) < 4.78 is 11.5. The molecule has 2 aromatic rings. The summed E-state index contributed by atoms with van der Waals surface area (Å²) >= 11 is 0. The largest absolute Gasteiger partial charge is 0.490 e. The molecule has 0 aromatic carbocycles. The topological polar surface area (TPSA) is 127 Å². The molecule has 0 spiro atoms. The van der Waals surface area contributed by atoms with Crippen molar-refractivity contribution in [3.05, 3.63) is 18.2 Å². The summed E-state index contributed by atoms with van der Waals surface area (Å²) in [6, 6.07) is 0.569. The Morgan fingerprint density at radius 3 is 2.49 bits per heavy atom. The highest BCUT2D eigenvalue weighted by Gasteiger charge is 2.39. The van der Waals surface area contributed by atoms with Gasteiger partial charge in [0, 0.05) is 51.1 Å². The fraction of sp³-hybridized carbons (Fsp3) is 0.750. The first-order valence-electron chi connectivity index (χ1n) is 14.6. The van der Waals surface area contributed by atoms with Crippen molar-refractivity contribution >= 4 is 17.9 Å². The van der Waals surface area contributed by atoms with Gasteiger partial charge < -0.3 is 29.7 Å². The maximum atomic E-state index is 12.6.